The first-order valence-corrected chi connectivity index (χ1v) is 9.03. The number of nitriles is 1. The Kier molecular flexibility index (Phi) is 5.27. The monoisotopic (exact) mass is 345 g/mol. The van der Waals surface area contributed by atoms with Crippen LogP contribution in [0, 0.1) is 11.3 Å². The van der Waals surface area contributed by atoms with Gasteiger partial charge in [0.2, 0.25) is 0 Å². The van der Waals surface area contributed by atoms with Gasteiger partial charge in [0.05, 0.1) is 5.69 Å². The normalized spacial score (nSPS) is 11.4. The summed E-state index contributed by atoms with van der Waals surface area (Å²) in [4.78, 5) is 4.59. The quantitative estimate of drug-likeness (QED) is 0.585. The predicted octanol–water partition coefficient (Wildman–Crippen LogP) is 5.91. The number of nitrogens with one attached hydrogen (secondary N) is 1. The molecule has 0 amide bonds. The average Bonchev–Trinajstić information content (AvgIpc) is 3.13. The molecule has 0 aliphatic heterocycles. The average molecular weight is 345 g/mol. The molecule has 0 fully saturated rings. The molecule has 1 aromatic heterocycles. The molecule has 0 aliphatic carbocycles. The van der Waals surface area contributed by atoms with Crippen LogP contribution in [-0.2, 0) is 0 Å². The lowest BCUT2D eigenvalue weighted by Crippen LogP contribution is -1.92. The zero-order valence-corrected chi connectivity index (χ0v) is 15.0. The van der Waals surface area contributed by atoms with Gasteiger partial charge in [-0.1, -0.05) is 56.3 Å². The lowest BCUT2D eigenvalue weighted by Gasteiger charge is -2.06. The molecule has 0 radical (unpaired) electrons. The molecule has 0 saturated heterocycles. The number of aromatic nitrogens is 1. The van der Waals surface area contributed by atoms with Gasteiger partial charge in [-0.2, -0.15) is 5.26 Å². The fraction of sp³-hybridized carbons (Fsp3) is 0.143. The van der Waals surface area contributed by atoms with Crippen molar-refractivity contribution in [1.82, 2.24) is 4.98 Å². The van der Waals surface area contributed by atoms with Gasteiger partial charge in [-0.15, -0.1) is 11.3 Å². The Labute approximate surface area is 152 Å². The summed E-state index contributed by atoms with van der Waals surface area (Å²) < 4.78 is 0. The lowest BCUT2D eigenvalue weighted by atomic mass is 10.0. The van der Waals surface area contributed by atoms with Crippen molar-refractivity contribution in [2.45, 2.75) is 19.8 Å². The first-order chi connectivity index (χ1) is 12.2. The van der Waals surface area contributed by atoms with Gasteiger partial charge in [0.15, 0.2) is 0 Å². The van der Waals surface area contributed by atoms with Crippen molar-refractivity contribution in [3.8, 4) is 17.3 Å². The van der Waals surface area contributed by atoms with Crippen molar-refractivity contribution in [2.24, 2.45) is 0 Å². The van der Waals surface area contributed by atoms with Gasteiger partial charge in [0.25, 0.3) is 0 Å². The van der Waals surface area contributed by atoms with Crippen molar-refractivity contribution in [3.05, 3.63) is 76.7 Å². The van der Waals surface area contributed by atoms with Gasteiger partial charge >= 0.3 is 0 Å². The summed E-state index contributed by atoms with van der Waals surface area (Å²) in [5, 5.41) is 15.3. The van der Waals surface area contributed by atoms with Crippen molar-refractivity contribution >= 4 is 22.6 Å². The van der Waals surface area contributed by atoms with E-state index >= 15 is 0 Å². The molecule has 3 nitrogen and oxygen atoms in total. The smallest absolute Gasteiger partial charge is 0.136 e. The maximum atomic E-state index is 9.46. The number of thiazole rings is 1. The van der Waals surface area contributed by atoms with Crippen LogP contribution in [-0.4, -0.2) is 4.98 Å². The largest absolute Gasteiger partial charge is 0.360 e. The Hall–Kier alpha value is -2.90. The van der Waals surface area contributed by atoms with E-state index < -0.39 is 0 Å². The third kappa shape index (κ3) is 4.14. The second-order valence-electron chi connectivity index (χ2n) is 5.99. The van der Waals surface area contributed by atoms with Crippen molar-refractivity contribution in [3.63, 3.8) is 0 Å². The van der Waals surface area contributed by atoms with E-state index in [0.717, 1.165) is 16.9 Å². The highest BCUT2D eigenvalue weighted by Gasteiger charge is 2.08. The molecule has 0 saturated carbocycles. The van der Waals surface area contributed by atoms with E-state index in [1.165, 1.54) is 16.9 Å². The Morgan fingerprint density at radius 3 is 2.48 bits per heavy atom. The van der Waals surface area contributed by atoms with E-state index in [1.54, 1.807) is 6.20 Å². The van der Waals surface area contributed by atoms with E-state index in [9.17, 15) is 5.26 Å². The Morgan fingerprint density at radius 1 is 1.12 bits per heavy atom. The third-order valence-electron chi connectivity index (χ3n) is 3.89. The first kappa shape index (κ1) is 16.9. The predicted molar refractivity (Wildman–Crippen MR) is 105 cm³/mol. The Balaban J connectivity index is 1.77. The molecule has 25 heavy (non-hydrogen) atoms. The molecule has 3 aromatic rings. The van der Waals surface area contributed by atoms with Crippen molar-refractivity contribution < 1.29 is 0 Å². The SMILES string of the molecule is CC(C)c1ccc(N/C=C(/C#N)c2nc(-c3ccccc3)cs2)cc1. The second kappa shape index (κ2) is 7.78. The minimum atomic E-state index is 0.506. The molecule has 0 atom stereocenters. The molecule has 4 heteroatoms. The van der Waals surface area contributed by atoms with E-state index in [1.807, 2.05) is 47.8 Å². The zero-order valence-electron chi connectivity index (χ0n) is 14.2. The lowest BCUT2D eigenvalue weighted by molar-refractivity contribution is 0.867. The van der Waals surface area contributed by atoms with Crippen LogP contribution in [0.25, 0.3) is 16.8 Å². The molecular formula is C21H19N3S. The van der Waals surface area contributed by atoms with Crippen LogP contribution in [0.4, 0.5) is 5.69 Å². The zero-order chi connectivity index (χ0) is 17.6. The Bertz CT molecular complexity index is 900. The number of benzene rings is 2. The van der Waals surface area contributed by atoms with E-state index in [-0.39, 0.29) is 0 Å². The highest BCUT2D eigenvalue weighted by atomic mass is 32.1. The van der Waals surface area contributed by atoms with Crippen molar-refractivity contribution in [1.29, 1.82) is 5.26 Å². The van der Waals surface area contributed by atoms with Crippen LogP contribution in [0.15, 0.2) is 66.2 Å². The van der Waals surface area contributed by atoms with Gasteiger partial charge in [-0.05, 0) is 23.6 Å². The van der Waals surface area contributed by atoms with Crippen LogP contribution in [0.1, 0.15) is 30.3 Å². The molecule has 1 heterocycles. The fourth-order valence-corrected chi connectivity index (χ4v) is 3.20. The fourth-order valence-electron chi connectivity index (χ4n) is 2.40. The summed E-state index contributed by atoms with van der Waals surface area (Å²) in [7, 11) is 0. The van der Waals surface area contributed by atoms with Crippen molar-refractivity contribution in [2.75, 3.05) is 5.32 Å². The second-order valence-corrected chi connectivity index (χ2v) is 6.85. The summed E-state index contributed by atoms with van der Waals surface area (Å²) in [6, 6.07) is 20.5. The van der Waals surface area contributed by atoms with E-state index in [4.69, 9.17) is 0 Å². The van der Waals surface area contributed by atoms with Crippen LogP contribution < -0.4 is 5.32 Å². The number of hydrogen-bond donors (Lipinski definition) is 1. The maximum Gasteiger partial charge on any atom is 0.136 e. The van der Waals surface area contributed by atoms with Crippen LogP contribution in [0.3, 0.4) is 0 Å². The molecule has 0 aliphatic rings. The maximum absolute atomic E-state index is 9.46. The van der Waals surface area contributed by atoms with E-state index in [2.05, 4.69) is 42.4 Å². The van der Waals surface area contributed by atoms with Crippen LogP contribution in [0.5, 0.6) is 0 Å². The standard InChI is InChI=1S/C21H19N3S/c1-15(2)16-8-10-19(11-9-16)23-13-18(12-22)21-24-20(14-25-21)17-6-4-3-5-7-17/h3-11,13-15,23H,1-2H3/b18-13-. The van der Waals surface area contributed by atoms with Gasteiger partial charge in [0.1, 0.15) is 16.6 Å². The highest BCUT2D eigenvalue weighted by Crippen LogP contribution is 2.26. The molecule has 0 spiro atoms. The third-order valence-corrected chi connectivity index (χ3v) is 4.76. The number of allylic oxidation sites excluding steroid dienone is 1. The summed E-state index contributed by atoms with van der Waals surface area (Å²) in [6.07, 6.45) is 1.72. The van der Waals surface area contributed by atoms with Gasteiger partial charge in [-0.3, -0.25) is 0 Å². The Morgan fingerprint density at radius 2 is 1.84 bits per heavy atom. The molecule has 2 aromatic carbocycles. The summed E-state index contributed by atoms with van der Waals surface area (Å²) in [5.74, 6) is 0.506. The molecular weight excluding hydrogens is 326 g/mol. The first-order valence-electron chi connectivity index (χ1n) is 8.15. The van der Waals surface area contributed by atoms with Gasteiger partial charge < -0.3 is 5.32 Å². The number of rotatable bonds is 5. The van der Waals surface area contributed by atoms with Gasteiger partial charge in [-0.25, -0.2) is 4.98 Å². The summed E-state index contributed by atoms with van der Waals surface area (Å²) in [5.41, 5.74) is 4.72. The number of anilines is 1. The summed E-state index contributed by atoms with van der Waals surface area (Å²) >= 11 is 1.48. The molecule has 0 bridgehead atoms. The van der Waals surface area contributed by atoms with Crippen LogP contribution in [0.2, 0.25) is 0 Å². The number of nitrogens with zero attached hydrogens (tertiary/aromatic N) is 2. The molecule has 124 valence electrons. The van der Waals surface area contributed by atoms with E-state index in [0.29, 0.717) is 16.5 Å². The topological polar surface area (TPSA) is 48.7 Å². The highest BCUT2D eigenvalue weighted by molar-refractivity contribution is 7.11. The van der Waals surface area contributed by atoms with Crippen LogP contribution >= 0.6 is 11.3 Å². The summed E-state index contributed by atoms with van der Waals surface area (Å²) in [6.45, 7) is 4.34. The van der Waals surface area contributed by atoms with Gasteiger partial charge in [0, 0.05) is 22.8 Å². The molecule has 3 rings (SSSR count). The minimum Gasteiger partial charge on any atom is -0.360 e. The molecule has 0 unspecified atom stereocenters. The number of hydrogen-bond acceptors (Lipinski definition) is 4. The minimum absolute atomic E-state index is 0.506. The molecule has 1 N–H and O–H groups in total.